The Morgan fingerprint density at radius 2 is 1.97 bits per heavy atom. The maximum Gasteiger partial charge on any atom is 0.325 e. The van der Waals surface area contributed by atoms with Crippen LogP contribution < -0.4 is 16.4 Å². The summed E-state index contributed by atoms with van der Waals surface area (Å²) < 4.78 is 0. The van der Waals surface area contributed by atoms with E-state index in [1.807, 2.05) is 6.07 Å². The molecule has 0 spiro atoms. The number of hydrogen-bond donors (Lipinski definition) is 3. The highest BCUT2D eigenvalue weighted by Gasteiger charge is 2.49. The monoisotopic (exact) mass is 412 g/mol. The lowest BCUT2D eigenvalue weighted by Crippen LogP contribution is -2.42. The molecule has 1 aromatic carbocycles. The molecule has 2 aromatic rings. The van der Waals surface area contributed by atoms with E-state index in [1.54, 1.807) is 31.2 Å². The number of amides is 5. The van der Waals surface area contributed by atoms with Crippen molar-refractivity contribution in [2.45, 2.75) is 31.7 Å². The average molecular weight is 412 g/mol. The molecule has 0 radical (unpaired) electrons. The lowest BCUT2D eigenvalue weighted by molar-refractivity contribution is -0.133. The quantitative estimate of drug-likeness (QED) is 0.648. The minimum atomic E-state index is -1.24. The fourth-order valence-corrected chi connectivity index (χ4v) is 5.18. The third kappa shape index (κ3) is 3.17. The van der Waals surface area contributed by atoms with Crippen LogP contribution in [-0.2, 0) is 28.0 Å². The summed E-state index contributed by atoms with van der Waals surface area (Å²) in [6.45, 7) is 1.16. The third-order valence-corrected chi connectivity index (χ3v) is 6.56. The van der Waals surface area contributed by atoms with E-state index in [0.29, 0.717) is 16.1 Å². The van der Waals surface area contributed by atoms with Crippen molar-refractivity contribution in [3.8, 4) is 0 Å². The summed E-state index contributed by atoms with van der Waals surface area (Å²) in [6.07, 6.45) is 2.55. The standard InChI is InChI=1S/C20H20N4O4S/c1-20(11-6-3-2-4-7-11)18(27)24(19(28)23-20)10-14(25)22-17-15(16(21)26)12-8-5-9-13(12)29-17/h2-4,6-7H,5,8-10H2,1H3,(H2,21,26)(H,22,25)(H,23,28)/t20-/m1/s1. The Morgan fingerprint density at radius 3 is 2.66 bits per heavy atom. The van der Waals surface area contributed by atoms with E-state index in [9.17, 15) is 19.2 Å². The van der Waals surface area contributed by atoms with Crippen LogP contribution >= 0.6 is 11.3 Å². The number of carbonyl (C=O) groups is 4. The highest BCUT2D eigenvalue weighted by Crippen LogP contribution is 2.39. The Balaban J connectivity index is 1.52. The van der Waals surface area contributed by atoms with Gasteiger partial charge in [-0.2, -0.15) is 0 Å². The molecular formula is C20H20N4O4S. The number of thiophene rings is 1. The van der Waals surface area contributed by atoms with E-state index >= 15 is 0 Å². The van der Waals surface area contributed by atoms with Crippen molar-refractivity contribution < 1.29 is 19.2 Å². The van der Waals surface area contributed by atoms with Crippen molar-refractivity contribution >= 4 is 40.1 Å². The number of imide groups is 1. The van der Waals surface area contributed by atoms with E-state index in [2.05, 4.69) is 10.6 Å². The molecule has 1 aliphatic heterocycles. The van der Waals surface area contributed by atoms with Crippen LogP contribution in [0.2, 0.25) is 0 Å². The van der Waals surface area contributed by atoms with Gasteiger partial charge in [0.25, 0.3) is 11.8 Å². The second-order valence-corrected chi connectivity index (χ2v) is 8.39. The molecule has 1 saturated heterocycles. The highest BCUT2D eigenvalue weighted by atomic mass is 32.1. The minimum absolute atomic E-state index is 0.335. The molecule has 1 atom stereocenters. The van der Waals surface area contributed by atoms with Gasteiger partial charge in [0.1, 0.15) is 17.1 Å². The molecule has 0 bridgehead atoms. The molecule has 2 heterocycles. The first-order chi connectivity index (χ1) is 13.8. The molecule has 0 saturated carbocycles. The Labute approximate surface area is 171 Å². The number of anilines is 1. The van der Waals surface area contributed by atoms with Gasteiger partial charge in [-0.1, -0.05) is 30.3 Å². The molecule has 2 aliphatic rings. The first-order valence-corrected chi connectivity index (χ1v) is 10.1. The second kappa shape index (κ2) is 7.00. The third-order valence-electron chi connectivity index (χ3n) is 5.35. The Bertz CT molecular complexity index is 1030. The zero-order chi connectivity index (χ0) is 20.8. The van der Waals surface area contributed by atoms with Crippen LogP contribution in [0, 0.1) is 0 Å². The van der Waals surface area contributed by atoms with Crippen molar-refractivity contribution in [1.82, 2.24) is 10.2 Å². The lowest BCUT2D eigenvalue weighted by atomic mass is 9.92. The number of benzene rings is 1. The molecular weight excluding hydrogens is 392 g/mol. The van der Waals surface area contributed by atoms with Gasteiger partial charge in [-0.3, -0.25) is 19.3 Å². The Kier molecular flexibility index (Phi) is 4.62. The van der Waals surface area contributed by atoms with Gasteiger partial charge in [0.2, 0.25) is 5.91 Å². The maximum atomic E-state index is 12.9. The number of nitrogens with zero attached hydrogens (tertiary/aromatic N) is 1. The predicted molar refractivity (Wildman–Crippen MR) is 108 cm³/mol. The molecule has 1 aliphatic carbocycles. The molecule has 8 nitrogen and oxygen atoms in total. The number of primary amides is 1. The fraction of sp³-hybridized carbons (Fsp3) is 0.300. The maximum absolute atomic E-state index is 12.9. The van der Waals surface area contributed by atoms with Crippen LogP contribution in [0.25, 0.3) is 0 Å². The van der Waals surface area contributed by atoms with Gasteiger partial charge in [0.15, 0.2) is 0 Å². The van der Waals surface area contributed by atoms with E-state index in [4.69, 9.17) is 5.73 Å². The molecule has 150 valence electrons. The molecule has 0 unspecified atom stereocenters. The SMILES string of the molecule is C[C@]1(c2ccccc2)NC(=O)N(CC(=O)Nc2sc3c(c2C(N)=O)CCC3)C1=O. The number of hydrogen-bond acceptors (Lipinski definition) is 5. The number of rotatable bonds is 5. The molecule has 5 amide bonds. The number of carbonyl (C=O) groups excluding carboxylic acids is 4. The summed E-state index contributed by atoms with van der Waals surface area (Å²) in [5.41, 5.74) is 6.13. The van der Waals surface area contributed by atoms with E-state index in [-0.39, 0.29) is 0 Å². The predicted octanol–water partition coefficient (Wildman–Crippen LogP) is 1.74. The summed E-state index contributed by atoms with van der Waals surface area (Å²) in [7, 11) is 0. The zero-order valence-electron chi connectivity index (χ0n) is 15.8. The van der Waals surface area contributed by atoms with Gasteiger partial charge in [-0.05, 0) is 37.3 Å². The summed E-state index contributed by atoms with van der Waals surface area (Å²) in [5.74, 6) is -1.66. The minimum Gasteiger partial charge on any atom is -0.365 e. The van der Waals surface area contributed by atoms with Crippen LogP contribution in [0.3, 0.4) is 0 Å². The second-order valence-electron chi connectivity index (χ2n) is 7.29. The van der Waals surface area contributed by atoms with Crippen LogP contribution in [0.1, 0.15) is 39.7 Å². The van der Waals surface area contributed by atoms with Gasteiger partial charge >= 0.3 is 6.03 Å². The van der Waals surface area contributed by atoms with Crippen LogP contribution in [-0.4, -0.2) is 35.2 Å². The number of nitrogens with one attached hydrogen (secondary N) is 2. The highest BCUT2D eigenvalue weighted by molar-refractivity contribution is 7.17. The fourth-order valence-electron chi connectivity index (χ4n) is 3.87. The summed E-state index contributed by atoms with van der Waals surface area (Å²) >= 11 is 1.32. The largest absolute Gasteiger partial charge is 0.365 e. The topological polar surface area (TPSA) is 122 Å². The van der Waals surface area contributed by atoms with E-state index in [1.165, 1.54) is 11.3 Å². The molecule has 4 rings (SSSR count). The molecule has 4 N–H and O–H groups in total. The van der Waals surface area contributed by atoms with Gasteiger partial charge in [-0.15, -0.1) is 11.3 Å². The normalized spacial score (nSPS) is 20.5. The van der Waals surface area contributed by atoms with Crippen LogP contribution in [0.4, 0.5) is 9.80 Å². The smallest absolute Gasteiger partial charge is 0.325 e. The van der Waals surface area contributed by atoms with Crippen molar-refractivity contribution in [3.63, 3.8) is 0 Å². The van der Waals surface area contributed by atoms with Crippen molar-refractivity contribution in [1.29, 1.82) is 0 Å². The Hall–Kier alpha value is -3.20. The zero-order valence-corrected chi connectivity index (χ0v) is 16.6. The summed E-state index contributed by atoms with van der Waals surface area (Å²) in [6, 6.07) is 8.21. The number of urea groups is 1. The summed E-state index contributed by atoms with van der Waals surface area (Å²) in [5, 5.41) is 5.70. The first kappa shape index (κ1) is 19.1. The van der Waals surface area contributed by atoms with Gasteiger partial charge < -0.3 is 16.4 Å². The average Bonchev–Trinajstić information content (AvgIpc) is 3.31. The Morgan fingerprint density at radius 1 is 1.24 bits per heavy atom. The summed E-state index contributed by atoms with van der Waals surface area (Å²) in [4.78, 5) is 51.7. The lowest BCUT2D eigenvalue weighted by Gasteiger charge is -2.22. The van der Waals surface area contributed by atoms with Gasteiger partial charge in [0.05, 0.1) is 5.56 Å². The number of nitrogens with two attached hydrogens (primary N) is 1. The number of fused-ring (bicyclic) bond motifs is 1. The molecule has 29 heavy (non-hydrogen) atoms. The van der Waals surface area contributed by atoms with Crippen LogP contribution in [0.5, 0.6) is 0 Å². The van der Waals surface area contributed by atoms with Gasteiger partial charge in [-0.25, -0.2) is 4.79 Å². The van der Waals surface area contributed by atoms with E-state index in [0.717, 1.165) is 34.6 Å². The van der Waals surface area contributed by atoms with Gasteiger partial charge in [0, 0.05) is 4.88 Å². The molecule has 1 aromatic heterocycles. The number of aryl methyl sites for hydroxylation is 1. The molecule has 9 heteroatoms. The van der Waals surface area contributed by atoms with Crippen molar-refractivity contribution in [3.05, 3.63) is 51.9 Å². The first-order valence-electron chi connectivity index (χ1n) is 9.25. The van der Waals surface area contributed by atoms with Crippen molar-refractivity contribution in [2.75, 3.05) is 11.9 Å². The van der Waals surface area contributed by atoms with E-state index < -0.39 is 35.8 Å². The molecule has 1 fully saturated rings. The van der Waals surface area contributed by atoms with Crippen LogP contribution in [0.15, 0.2) is 30.3 Å². The van der Waals surface area contributed by atoms with Crippen molar-refractivity contribution in [2.24, 2.45) is 5.73 Å².